The molecule has 98 valence electrons. The Bertz CT molecular complexity index is 413. The minimum atomic E-state index is 0.165. The normalized spacial score (nSPS) is 21.6. The van der Waals surface area contributed by atoms with Gasteiger partial charge >= 0.3 is 0 Å². The third-order valence-electron chi connectivity index (χ3n) is 3.82. The first kappa shape index (κ1) is 13.6. The smallest absolute Gasteiger partial charge is 0.164 e. The van der Waals surface area contributed by atoms with Crippen molar-refractivity contribution in [3.63, 3.8) is 0 Å². The zero-order chi connectivity index (χ0) is 13.0. The Labute approximate surface area is 114 Å². The van der Waals surface area contributed by atoms with Gasteiger partial charge in [0.2, 0.25) is 0 Å². The average Bonchev–Trinajstić information content (AvgIpc) is 2.40. The highest BCUT2D eigenvalue weighted by Crippen LogP contribution is 2.25. The number of halogens is 1. The molecular weight excluding hydrogens is 246 g/mol. The van der Waals surface area contributed by atoms with Crippen LogP contribution >= 0.6 is 11.6 Å². The molecule has 0 saturated carbocycles. The van der Waals surface area contributed by atoms with Crippen molar-refractivity contribution in [3.8, 4) is 0 Å². The van der Waals surface area contributed by atoms with Crippen LogP contribution in [-0.4, -0.2) is 18.9 Å². The van der Waals surface area contributed by atoms with E-state index < -0.39 is 0 Å². The van der Waals surface area contributed by atoms with Gasteiger partial charge in [-0.2, -0.15) is 0 Å². The van der Waals surface area contributed by atoms with Crippen LogP contribution in [0.2, 0.25) is 5.02 Å². The van der Waals surface area contributed by atoms with Crippen LogP contribution in [0.1, 0.15) is 36.5 Å². The molecule has 1 aliphatic heterocycles. The summed E-state index contributed by atoms with van der Waals surface area (Å²) < 4.78 is 0. The van der Waals surface area contributed by atoms with Crippen molar-refractivity contribution in [2.75, 3.05) is 13.1 Å². The van der Waals surface area contributed by atoms with E-state index in [1.807, 2.05) is 18.2 Å². The van der Waals surface area contributed by atoms with Gasteiger partial charge in [0.25, 0.3) is 0 Å². The maximum atomic E-state index is 12.2. The summed E-state index contributed by atoms with van der Waals surface area (Å²) in [7, 11) is 0. The van der Waals surface area contributed by atoms with Crippen molar-refractivity contribution in [1.29, 1.82) is 0 Å². The van der Waals surface area contributed by atoms with Crippen LogP contribution in [0.4, 0.5) is 0 Å². The van der Waals surface area contributed by atoms with Crippen molar-refractivity contribution < 1.29 is 4.79 Å². The second-order valence-electron chi connectivity index (χ2n) is 5.19. The van der Waals surface area contributed by atoms with Gasteiger partial charge in [-0.1, -0.05) is 30.7 Å². The molecule has 3 heteroatoms. The molecule has 1 heterocycles. The number of Topliss-reactive ketones (excluding diaryl/α,β-unsaturated/α-hetero) is 1. The Morgan fingerprint density at radius 2 is 2.28 bits per heavy atom. The SMILES string of the molecule is CC(CC(=O)c1ccccc1Cl)C1CCCNC1. The minimum absolute atomic E-state index is 0.165. The van der Waals surface area contributed by atoms with Crippen molar-refractivity contribution in [2.45, 2.75) is 26.2 Å². The highest BCUT2D eigenvalue weighted by atomic mass is 35.5. The van der Waals surface area contributed by atoms with Crippen LogP contribution in [0.3, 0.4) is 0 Å². The predicted molar refractivity (Wildman–Crippen MR) is 75.2 cm³/mol. The summed E-state index contributed by atoms with van der Waals surface area (Å²) in [6.45, 7) is 4.32. The van der Waals surface area contributed by atoms with E-state index in [2.05, 4.69) is 12.2 Å². The molecule has 2 unspecified atom stereocenters. The zero-order valence-corrected chi connectivity index (χ0v) is 11.5. The van der Waals surface area contributed by atoms with Crippen LogP contribution in [0.5, 0.6) is 0 Å². The number of benzene rings is 1. The van der Waals surface area contributed by atoms with Crippen molar-refractivity contribution in [3.05, 3.63) is 34.9 Å². The lowest BCUT2D eigenvalue weighted by molar-refractivity contribution is 0.0943. The van der Waals surface area contributed by atoms with E-state index in [9.17, 15) is 4.79 Å². The van der Waals surface area contributed by atoms with Gasteiger partial charge < -0.3 is 5.32 Å². The van der Waals surface area contributed by atoms with Gasteiger partial charge in [0.1, 0.15) is 0 Å². The fourth-order valence-corrected chi connectivity index (χ4v) is 2.86. The summed E-state index contributed by atoms with van der Waals surface area (Å²) >= 11 is 6.06. The first-order chi connectivity index (χ1) is 8.68. The van der Waals surface area contributed by atoms with Crippen molar-refractivity contribution in [1.82, 2.24) is 5.32 Å². The van der Waals surface area contributed by atoms with E-state index in [1.54, 1.807) is 6.07 Å². The van der Waals surface area contributed by atoms with E-state index in [-0.39, 0.29) is 5.78 Å². The van der Waals surface area contributed by atoms with E-state index in [0.717, 1.165) is 13.1 Å². The van der Waals surface area contributed by atoms with E-state index in [1.165, 1.54) is 12.8 Å². The molecule has 1 fully saturated rings. The number of ketones is 1. The average molecular weight is 266 g/mol. The molecular formula is C15H20ClNO. The third kappa shape index (κ3) is 3.33. The lowest BCUT2D eigenvalue weighted by Gasteiger charge is -2.28. The lowest BCUT2D eigenvalue weighted by atomic mass is 9.83. The second-order valence-corrected chi connectivity index (χ2v) is 5.60. The fourth-order valence-electron chi connectivity index (χ4n) is 2.62. The Morgan fingerprint density at radius 3 is 2.94 bits per heavy atom. The number of carbonyl (C=O) groups excluding carboxylic acids is 1. The number of hydrogen-bond donors (Lipinski definition) is 1. The second kappa shape index (κ2) is 6.35. The summed E-state index contributed by atoms with van der Waals surface area (Å²) in [6.07, 6.45) is 3.04. The molecule has 2 nitrogen and oxygen atoms in total. The van der Waals surface area contributed by atoms with Gasteiger partial charge in [-0.3, -0.25) is 4.79 Å². The van der Waals surface area contributed by atoms with Gasteiger partial charge in [-0.15, -0.1) is 0 Å². The number of rotatable bonds is 4. The molecule has 0 radical (unpaired) electrons. The van der Waals surface area contributed by atoms with Crippen LogP contribution in [0.25, 0.3) is 0 Å². The predicted octanol–water partition coefficient (Wildman–Crippen LogP) is 3.55. The van der Waals surface area contributed by atoms with E-state index >= 15 is 0 Å². The number of piperidine rings is 1. The minimum Gasteiger partial charge on any atom is -0.316 e. The topological polar surface area (TPSA) is 29.1 Å². The highest BCUT2D eigenvalue weighted by Gasteiger charge is 2.23. The highest BCUT2D eigenvalue weighted by molar-refractivity contribution is 6.33. The largest absolute Gasteiger partial charge is 0.316 e. The molecule has 0 amide bonds. The molecule has 1 aromatic rings. The Kier molecular flexibility index (Phi) is 4.79. The molecule has 0 spiro atoms. The van der Waals surface area contributed by atoms with Gasteiger partial charge in [0.15, 0.2) is 5.78 Å². The number of nitrogens with one attached hydrogen (secondary N) is 1. The molecule has 0 bridgehead atoms. The summed E-state index contributed by atoms with van der Waals surface area (Å²) in [4.78, 5) is 12.2. The zero-order valence-electron chi connectivity index (χ0n) is 10.8. The Balaban J connectivity index is 1.96. The molecule has 18 heavy (non-hydrogen) atoms. The maximum absolute atomic E-state index is 12.2. The molecule has 1 N–H and O–H groups in total. The molecule has 1 aliphatic rings. The Morgan fingerprint density at radius 1 is 1.50 bits per heavy atom. The summed E-state index contributed by atoms with van der Waals surface area (Å²) in [6, 6.07) is 7.32. The summed E-state index contributed by atoms with van der Waals surface area (Å²) in [5, 5.41) is 3.97. The van der Waals surface area contributed by atoms with Crippen LogP contribution in [-0.2, 0) is 0 Å². The molecule has 0 aromatic heterocycles. The first-order valence-corrected chi connectivity index (χ1v) is 7.04. The Hall–Kier alpha value is -0.860. The van der Waals surface area contributed by atoms with Crippen molar-refractivity contribution in [2.24, 2.45) is 11.8 Å². The van der Waals surface area contributed by atoms with E-state index in [4.69, 9.17) is 11.6 Å². The molecule has 2 rings (SSSR count). The van der Waals surface area contributed by atoms with Crippen LogP contribution < -0.4 is 5.32 Å². The van der Waals surface area contributed by atoms with Gasteiger partial charge in [-0.25, -0.2) is 0 Å². The van der Waals surface area contributed by atoms with Crippen LogP contribution in [0.15, 0.2) is 24.3 Å². The first-order valence-electron chi connectivity index (χ1n) is 6.67. The summed E-state index contributed by atoms with van der Waals surface area (Å²) in [5.41, 5.74) is 0.662. The van der Waals surface area contributed by atoms with Gasteiger partial charge in [-0.05, 0) is 49.9 Å². The van der Waals surface area contributed by atoms with Crippen molar-refractivity contribution >= 4 is 17.4 Å². The number of hydrogen-bond acceptors (Lipinski definition) is 2. The quantitative estimate of drug-likeness (QED) is 0.844. The lowest BCUT2D eigenvalue weighted by Crippen LogP contribution is -2.34. The molecule has 1 aromatic carbocycles. The molecule has 1 saturated heterocycles. The molecule has 0 aliphatic carbocycles. The third-order valence-corrected chi connectivity index (χ3v) is 4.15. The monoisotopic (exact) mass is 265 g/mol. The van der Waals surface area contributed by atoms with Gasteiger partial charge in [0, 0.05) is 12.0 Å². The standard InChI is InChI=1S/C15H20ClNO/c1-11(12-5-4-8-17-10-12)9-15(18)13-6-2-3-7-14(13)16/h2-3,6-7,11-12,17H,4-5,8-10H2,1H3. The van der Waals surface area contributed by atoms with Crippen LogP contribution in [0, 0.1) is 11.8 Å². The maximum Gasteiger partial charge on any atom is 0.164 e. The van der Waals surface area contributed by atoms with E-state index in [0.29, 0.717) is 28.8 Å². The summed E-state index contributed by atoms with van der Waals surface area (Å²) in [5.74, 6) is 1.20. The number of carbonyl (C=O) groups is 1. The molecule has 2 atom stereocenters. The van der Waals surface area contributed by atoms with Gasteiger partial charge in [0.05, 0.1) is 5.02 Å². The fraction of sp³-hybridized carbons (Fsp3) is 0.533.